The van der Waals surface area contributed by atoms with E-state index in [-0.39, 0.29) is 33.0 Å². The number of benzene rings is 2. The number of fused-ring (bicyclic) bond motifs is 1. The van der Waals surface area contributed by atoms with Crippen LogP contribution >= 0.6 is 11.6 Å². The maximum Gasteiger partial charge on any atom is 0.339 e. The predicted octanol–water partition coefficient (Wildman–Crippen LogP) is 5.08. The highest BCUT2D eigenvalue weighted by atomic mass is 35.5. The number of carboxylic acid groups (broad SMARTS) is 1. The molecular weight excluding hydrogens is 444 g/mol. The summed E-state index contributed by atoms with van der Waals surface area (Å²) < 4.78 is 39.3. The second kappa shape index (κ2) is 7.93. The Balaban J connectivity index is 1.74. The van der Waals surface area contributed by atoms with Crippen LogP contribution in [0.1, 0.15) is 15.9 Å². The highest BCUT2D eigenvalue weighted by Crippen LogP contribution is 2.35. The second-order valence-electron chi connectivity index (χ2n) is 6.57. The Kier molecular flexibility index (Phi) is 5.30. The first-order valence-electron chi connectivity index (χ1n) is 8.92. The number of sulfonamides is 1. The van der Waals surface area contributed by atoms with Crippen LogP contribution in [0.4, 0.5) is 5.69 Å². The van der Waals surface area contributed by atoms with Crippen molar-refractivity contribution < 1.29 is 27.5 Å². The van der Waals surface area contributed by atoms with Gasteiger partial charge in [-0.1, -0.05) is 41.9 Å². The number of aromatic nitrogens is 1. The lowest BCUT2D eigenvalue weighted by molar-refractivity contribution is 0.0694. The molecule has 0 aliphatic carbocycles. The van der Waals surface area contributed by atoms with E-state index in [2.05, 4.69) is 9.71 Å². The molecule has 4 rings (SSSR count). The van der Waals surface area contributed by atoms with E-state index >= 15 is 0 Å². The Morgan fingerprint density at radius 2 is 1.94 bits per heavy atom. The van der Waals surface area contributed by atoms with E-state index in [1.54, 1.807) is 43.3 Å². The van der Waals surface area contributed by atoms with Gasteiger partial charge in [-0.3, -0.25) is 4.72 Å². The number of halogens is 1. The van der Waals surface area contributed by atoms with Crippen molar-refractivity contribution in [3.8, 4) is 11.6 Å². The first-order chi connectivity index (χ1) is 14.7. The molecule has 2 N–H and O–H groups in total. The molecule has 2 aromatic carbocycles. The van der Waals surface area contributed by atoms with Crippen molar-refractivity contribution in [3.63, 3.8) is 0 Å². The quantitative estimate of drug-likeness (QED) is 0.413. The maximum atomic E-state index is 12.9. The third kappa shape index (κ3) is 4.18. The van der Waals surface area contributed by atoms with E-state index in [1.807, 2.05) is 0 Å². The second-order valence-corrected chi connectivity index (χ2v) is 8.62. The molecule has 0 amide bonds. The van der Waals surface area contributed by atoms with E-state index in [9.17, 15) is 18.3 Å². The molecule has 0 unspecified atom stereocenters. The highest BCUT2D eigenvalue weighted by Gasteiger charge is 2.23. The van der Waals surface area contributed by atoms with Crippen LogP contribution in [0, 0.1) is 6.92 Å². The number of rotatable bonds is 6. The number of hydrogen-bond donors (Lipinski definition) is 2. The number of hydrogen-bond acceptors (Lipinski definition) is 6. The molecule has 10 heteroatoms. The molecule has 158 valence electrons. The van der Waals surface area contributed by atoms with Gasteiger partial charge in [0.25, 0.3) is 10.0 Å². The predicted molar refractivity (Wildman–Crippen MR) is 114 cm³/mol. The molecule has 0 aliphatic heterocycles. The summed E-state index contributed by atoms with van der Waals surface area (Å²) in [5, 5.41) is 9.91. The molecule has 0 fully saturated rings. The summed E-state index contributed by atoms with van der Waals surface area (Å²) in [5.41, 5.74) is 0.771. The first-order valence-corrected chi connectivity index (χ1v) is 10.8. The molecule has 4 aromatic rings. The summed E-state index contributed by atoms with van der Waals surface area (Å²) in [6, 6.07) is 14.2. The highest BCUT2D eigenvalue weighted by molar-refractivity contribution is 7.92. The van der Waals surface area contributed by atoms with Gasteiger partial charge in [0.15, 0.2) is 0 Å². The summed E-state index contributed by atoms with van der Waals surface area (Å²) in [6.07, 6.45) is 1.26. The van der Waals surface area contributed by atoms with Crippen LogP contribution in [0.5, 0.6) is 11.6 Å². The lowest BCUT2D eigenvalue weighted by Gasteiger charge is -2.14. The Hall–Kier alpha value is -3.56. The van der Waals surface area contributed by atoms with Crippen molar-refractivity contribution >= 4 is 44.3 Å². The summed E-state index contributed by atoms with van der Waals surface area (Å²) >= 11 is 6.00. The van der Waals surface area contributed by atoms with Crippen LogP contribution in [0.2, 0.25) is 5.02 Å². The number of nitrogens with zero attached hydrogens (tertiary/aromatic N) is 1. The van der Waals surface area contributed by atoms with Crippen LogP contribution in [0.25, 0.3) is 11.0 Å². The van der Waals surface area contributed by atoms with Gasteiger partial charge in [-0.05, 0) is 30.7 Å². The Bertz CT molecular complexity index is 1380. The SMILES string of the molecule is Cc1cccc(C(=O)O)c1Oc1ncc(Cl)cc1NS(=O)(=O)c1cc2ccccc2o1. The smallest absolute Gasteiger partial charge is 0.339 e. The minimum atomic E-state index is -4.15. The van der Waals surface area contributed by atoms with Gasteiger partial charge in [-0.25, -0.2) is 9.78 Å². The molecule has 8 nitrogen and oxygen atoms in total. The fourth-order valence-electron chi connectivity index (χ4n) is 2.92. The van der Waals surface area contributed by atoms with Gasteiger partial charge in [-0.2, -0.15) is 8.42 Å². The van der Waals surface area contributed by atoms with Crippen LogP contribution < -0.4 is 9.46 Å². The van der Waals surface area contributed by atoms with Crippen molar-refractivity contribution in [2.24, 2.45) is 0 Å². The standard InChI is InChI=1S/C21H15ClN2O6S/c1-12-5-4-7-15(21(25)26)19(12)30-20-16(10-14(22)11-23-20)24-31(27,28)18-9-13-6-2-3-8-17(13)29-18/h2-11,24H,1H3,(H,25,26). The van der Waals surface area contributed by atoms with E-state index in [1.165, 1.54) is 24.4 Å². The number of furan rings is 1. The molecule has 2 heterocycles. The average molecular weight is 459 g/mol. The number of carboxylic acids is 1. The van der Waals surface area contributed by atoms with E-state index < -0.39 is 16.0 Å². The summed E-state index contributed by atoms with van der Waals surface area (Å²) in [5.74, 6) is -1.33. The molecule has 0 saturated heterocycles. The maximum absolute atomic E-state index is 12.9. The summed E-state index contributed by atoms with van der Waals surface area (Å²) in [7, 11) is -4.15. The number of pyridine rings is 1. The lowest BCUT2D eigenvalue weighted by atomic mass is 10.1. The largest absolute Gasteiger partial charge is 0.478 e. The number of aromatic carboxylic acids is 1. The van der Waals surface area contributed by atoms with E-state index in [4.69, 9.17) is 20.8 Å². The van der Waals surface area contributed by atoms with Crippen molar-refractivity contribution in [3.05, 3.63) is 76.9 Å². The van der Waals surface area contributed by atoms with Gasteiger partial charge < -0.3 is 14.3 Å². The monoisotopic (exact) mass is 458 g/mol. The normalized spacial score (nSPS) is 11.4. The van der Waals surface area contributed by atoms with Gasteiger partial charge in [-0.15, -0.1) is 0 Å². The topological polar surface area (TPSA) is 119 Å². The van der Waals surface area contributed by atoms with Gasteiger partial charge in [0, 0.05) is 17.6 Å². The fraction of sp³-hybridized carbons (Fsp3) is 0.0476. The Labute approximate surface area is 182 Å². The number of nitrogens with one attached hydrogen (secondary N) is 1. The van der Waals surface area contributed by atoms with Crippen LogP contribution in [0.15, 0.2) is 70.3 Å². The number of aryl methyl sites for hydroxylation is 1. The van der Waals surface area contributed by atoms with Crippen molar-refractivity contribution in [2.75, 3.05) is 4.72 Å². The molecule has 0 aliphatic rings. The average Bonchev–Trinajstić information content (AvgIpc) is 3.16. The zero-order chi connectivity index (χ0) is 22.2. The fourth-order valence-corrected chi connectivity index (χ4v) is 4.10. The molecule has 0 atom stereocenters. The number of carbonyl (C=O) groups is 1. The van der Waals surface area contributed by atoms with Gasteiger partial charge in [0.2, 0.25) is 11.0 Å². The van der Waals surface area contributed by atoms with Crippen molar-refractivity contribution in [2.45, 2.75) is 12.0 Å². The van der Waals surface area contributed by atoms with Gasteiger partial charge in [0.1, 0.15) is 22.6 Å². The number of para-hydroxylation sites is 2. The van der Waals surface area contributed by atoms with Crippen molar-refractivity contribution in [1.29, 1.82) is 0 Å². The number of anilines is 1. The lowest BCUT2D eigenvalue weighted by Crippen LogP contribution is -2.13. The van der Waals surface area contributed by atoms with Crippen LogP contribution in [-0.2, 0) is 10.0 Å². The van der Waals surface area contributed by atoms with E-state index in [0.717, 1.165) is 0 Å². The summed E-state index contributed by atoms with van der Waals surface area (Å²) in [4.78, 5) is 15.6. The van der Waals surface area contributed by atoms with Crippen LogP contribution in [0.3, 0.4) is 0 Å². The van der Waals surface area contributed by atoms with Gasteiger partial charge >= 0.3 is 5.97 Å². The minimum Gasteiger partial charge on any atom is -0.478 e. The molecule has 0 bridgehead atoms. The number of ether oxygens (including phenoxy) is 1. The van der Waals surface area contributed by atoms with Crippen LogP contribution in [-0.4, -0.2) is 24.5 Å². The molecule has 0 spiro atoms. The first kappa shape index (κ1) is 20.7. The van der Waals surface area contributed by atoms with E-state index in [0.29, 0.717) is 16.5 Å². The third-order valence-electron chi connectivity index (χ3n) is 4.37. The molecule has 0 saturated carbocycles. The molecule has 0 radical (unpaired) electrons. The molecule has 31 heavy (non-hydrogen) atoms. The summed E-state index contributed by atoms with van der Waals surface area (Å²) in [6.45, 7) is 1.66. The third-order valence-corrected chi connectivity index (χ3v) is 5.80. The van der Waals surface area contributed by atoms with Gasteiger partial charge in [0.05, 0.1) is 5.02 Å². The molecule has 2 aromatic heterocycles. The zero-order valence-electron chi connectivity index (χ0n) is 16.0. The molecular formula is C21H15ClN2O6S. The minimum absolute atomic E-state index is 0.0361. The Morgan fingerprint density at radius 3 is 2.68 bits per heavy atom. The van der Waals surface area contributed by atoms with Crippen molar-refractivity contribution in [1.82, 2.24) is 4.98 Å². The zero-order valence-corrected chi connectivity index (χ0v) is 17.6. The Morgan fingerprint density at radius 1 is 1.16 bits per heavy atom.